The smallest absolute Gasteiger partial charge is 0.337 e. The molecule has 4 nitrogen and oxygen atoms in total. The average molecular weight is 249 g/mol. The number of morpholine rings is 1. The Kier molecular flexibility index (Phi) is 3.99. The van der Waals surface area contributed by atoms with E-state index in [9.17, 15) is 4.79 Å². The van der Waals surface area contributed by atoms with E-state index in [-0.39, 0.29) is 18.2 Å². The van der Waals surface area contributed by atoms with Gasteiger partial charge in [-0.2, -0.15) is 0 Å². The third kappa shape index (κ3) is 2.71. The Labute approximate surface area is 107 Å². The van der Waals surface area contributed by atoms with Crippen molar-refractivity contribution >= 4 is 5.97 Å². The van der Waals surface area contributed by atoms with Crippen molar-refractivity contribution in [1.29, 1.82) is 0 Å². The Morgan fingerprint density at radius 3 is 2.56 bits per heavy atom. The van der Waals surface area contributed by atoms with Gasteiger partial charge < -0.3 is 14.8 Å². The summed E-state index contributed by atoms with van der Waals surface area (Å²) in [5, 5.41) is 3.41. The fourth-order valence-electron chi connectivity index (χ4n) is 2.03. The van der Waals surface area contributed by atoms with E-state index in [4.69, 9.17) is 4.74 Å². The topological polar surface area (TPSA) is 47.6 Å². The number of esters is 1. The van der Waals surface area contributed by atoms with Gasteiger partial charge in [0.15, 0.2) is 0 Å². The van der Waals surface area contributed by atoms with E-state index in [0.717, 1.165) is 12.1 Å². The first-order valence-electron chi connectivity index (χ1n) is 6.19. The summed E-state index contributed by atoms with van der Waals surface area (Å²) >= 11 is 0. The molecule has 1 aliphatic heterocycles. The molecule has 18 heavy (non-hydrogen) atoms. The van der Waals surface area contributed by atoms with Gasteiger partial charge in [0.05, 0.1) is 24.9 Å². The fourth-order valence-corrected chi connectivity index (χ4v) is 2.03. The molecule has 1 saturated heterocycles. The first kappa shape index (κ1) is 13.1. The maximum atomic E-state index is 11.3. The lowest BCUT2D eigenvalue weighted by molar-refractivity contribution is -0.0508. The van der Waals surface area contributed by atoms with Gasteiger partial charge in [-0.15, -0.1) is 0 Å². The number of benzene rings is 1. The third-order valence-electron chi connectivity index (χ3n) is 3.41. The summed E-state index contributed by atoms with van der Waals surface area (Å²) in [6.45, 7) is 4.97. The first-order chi connectivity index (χ1) is 8.61. The van der Waals surface area contributed by atoms with E-state index >= 15 is 0 Å². The van der Waals surface area contributed by atoms with Gasteiger partial charge in [0.2, 0.25) is 0 Å². The molecule has 1 N–H and O–H groups in total. The highest BCUT2D eigenvalue weighted by atomic mass is 16.5. The van der Waals surface area contributed by atoms with Crippen molar-refractivity contribution in [3.63, 3.8) is 0 Å². The predicted molar refractivity (Wildman–Crippen MR) is 68.5 cm³/mol. The van der Waals surface area contributed by atoms with Crippen LogP contribution < -0.4 is 5.32 Å². The lowest BCUT2D eigenvalue weighted by Crippen LogP contribution is -2.46. The molecule has 1 heterocycles. The summed E-state index contributed by atoms with van der Waals surface area (Å²) in [5.41, 5.74) is 1.64. The highest BCUT2D eigenvalue weighted by molar-refractivity contribution is 5.89. The molecule has 0 bridgehead atoms. The van der Waals surface area contributed by atoms with E-state index in [1.54, 1.807) is 12.1 Å². The number of hydrogen-bond donors (Lipinski definition) is 1. The van der Waals surface area contributed by atoms with Crippen LogP contribution in [0.3, 0.4) is 0 Å². The molecule has 0 spiro atoms. The number of hydrogen-bond acceptors (Lipinski definition) is 4. The summed E-state index contributed by atoms with van der Waals surface area (Å²) in [5.74, 6) is -0.314. The van der Waals surface area contributed by atoms with Crippen LogP contribution in [0.4, 0.5) is 0 Å². The Morgan fingerprint density at radius 2 is 2.00 bits per heavy atom. The zero-order valence-corrected chi connectivity index (χ0v) is 11.0. The Bertz CT molecular complexity index is 416. The molecule has 1 aromatic rings. The largest absolute Gasteiger partial charge is 0.465 e. The Balaban J connectivity index is 2.08. The zero-order valence-electron chi connectivity index (χ0n) is 11.0. The van der Waals surface area contributed by atoms with Crippen LogP contribution in [0.15, 0.2) is 24.3 Å². The summed E-state index contributed by atoms with van der Waals surface area (Å²) in [6, 6.07) is 7.75. The van der Waals surface area contributed by atoms with Crippen molar-refractivity contribution in [2.75, 3.05) is 13.7 Å². The van der Waals surface area contributed by atoms with Crippen LogP contribution in [-0.4, -0.2) is 31.8 Å². The normalized spacial score (nSPS) is 27.8. The molecule has 1 aromatic carbocycles. The second kappa shape index (κ2) is 5.50. The van der Waals surface area contributed by atoms with E-state index in [1.165, 1.54) is 7.11 Å². The standard InChI is InChI=1S/C14H19NO3/c1-9-10(2)18-13(8-15-9)11-4-6-12(7-5-11)14(16)17-3/h4-7,9-10,13,15H,8H2,1-3H3. The molecular formula is C14H19NO3. The maximum absolute atomic E-state index is 11.3. The molecule has 2 rings (SSSR count). The minimum atomic E-state index is -0.314. The SMILES string of the molecule is COC(=O)c1ccc(C2CNC(C)C(C)O2)cc1. The van der Waals surface area contributed by atoms with Gasteiger partial charge in [0, 0.05) is 12.6 Å². The third-order valence-corrected chi connectivity index (χ3v) is 3.41. The van der Waals surface area contributed by atoms with Crippen molar-refractivity contribution in [2.24, 2.45) is 0 Å². The molecule has 4 heteroatoms. The summed E-state index contributed by atoms with van der Waals surface area (Å²) in [4.78, 5) is 11.3. The number of nitrogens with one attached hydrogen (secondary N) is 1. The minimum Gasteiger partial charge on any atom is -0.465 e. The van der Waals surface area contributed by atoms with Gasteiger partial charge in [-0.3, -0.25) is 0 Å². The number of rotatable bonds is 2. The van der Waals surface area contributed by atoms with Crippen LogP contribution in [0.5, 0.6) is 0 Å². The molecule has 98 valence electrons. The quantitative estimate of drug-likeness (QED) is 0.813. The predicted octanol–water partition coefficient (Wildman–Crippen LogP) is 1.91. The summed E-state index contributed by atoms with van der Waals surface area (Å²) in [6.07, 6.45) is 0.229. The van der Waals surface area contributed by atoms with E-state index in [0.29, 0.717) is 11.6 Å². The van der Waals surface area contributed by atoms with E-state index in [1.807, 2.05) is 12.1 Å². The Hall–Kier alpha value is -1.39. The van der Waals surface area contributed by atoms with Crippen LogP contribution in [0.25, 0.3) is 0 Å². The number of methoxy groups -OCH3 is 1. The van der Waals surface area contributed by atoms with Gasteiger partial charge >= 0.3 is 5.97 Å². The average Bonchev–Trinajstić information content (AvgIpc) is 2.41. The number of carbonyl (C=O) groups excluding carboxylic acids is 1. The summed E-state index contributed by atoms with van der Waals surface area (Å²) in [7, 11) is 1.38. The second-order valence-corrected chi connectivity index (χ2v) is 4.64. The zero-order chi connectivity index (χ0) is 13.1. The van der Waals surface area contributed by atoms with Crippen LogP contribution in [-0.2, 0) is 9.47 Å². The lowest BCUT2D eigenvalue weighted by Gasteiger charge is -2.34. The van der Waals surface area contributed by atoms with Gasteiger partial charge in [-0.25, -0.2) is 4.79 Å². The highest BCUT2D eigenvalue weighted by Crippen LogP contribution is 2.23. The van der Waals surface area contributed by atoms with Crippen LogP contribution >= 0.6 is 0 Å². The molecule has 1 fully saturated rings. The van der Waals surface area contributed by atoms with Gasteiger partial charge in [-0.05, 0) is 31.5 Å². The molecule has 0 amide bonds. The minimum absolute atomic E-state index is 0.0443. The highest BCUT2D eigenvalue weighted by Gasteiger charge is 2.25. The second-order valence-electron chi connectivity index (χ2n) is 4.64. The van der Waals surface area contributed by atoms with E-state index in [2.05, 4.69) is 23.9 Å². The molecular weight excluding hydrogens is 230 g/mol. The number of ether oxygens (including phenoxy) is 2. The van der Waals surface area contributed by atoms with Crippen molar-refractivity contribution in [3.8, 4) is 0 Å². The molecule has 3 unspecified atom stereocenters. The van der Waals surface area contributed by atoms with Crippen molar-refractivity contribution in [2.45, 2.75) is 32.1 Å². The van der Waals surface area contributed by atoms with Crippen LogP contribution in [0.1, 0.15) is 35.9 Å². The van der Waals surface area contributed by atoms with Gasteiger partial charge in [-0.1, -0.05) is 12.1 Å². The fraction of sp³-hybridized carbons (Fsp3) is 0.500. The maximum Gasteiger partial charge on any atom is 0.337 e. The molecule has 0 radical (unpaired) electrons. The van der Waals surface area contributed by atoms with Gasteiger partial charge in [0.25, 0.3) is 0 Å². The van der Waals surface area contributed by atoms with Gasteiger partial charge in [0.1, 0.15) is 0 Å². The molecule has 0 aliphatic carbocycles. The number of carbonyl (C=O) groups is 1. The summed E-state index contributed by atoms with van der Waals surface area (Å²) < 4.78 is 10.6. The first-order valence-corrected chi connectivity index (χ1v) is 6.19. The molecule has 0 aromatic heterocycles. The Morgan fingerprint density at radius 1 is 1.33 bits per heavy atom. The molecule has 0 saturated carbocycles. The molecule has 1 aliphatic rings. The lowest BCUT2D eigenvalue weighted by atomic mass is 10.0. The van der Waals surface area contributed by atoms with Crippen molar-refractivity contribution < 1.29 is 14.3 Å². The van der Waals surface area contributed by atoms with Crippen molar-refractivity contribution in [1.82, 2.24) is 5.32 Å². The van der Waals surface area contributed by atoms with Crippen molar-refractivity contribution in [3.05, 3.63) is 35.4 Å². The molecule has 3 atom stereocenters. The monoisotopic (exact) mass is 249 g/mol. The van der Waals surface area contributed by atoms with Crippen LogP contribution in [0.2, 0.25) is 0 Å². The van der Waals surface area contributed by atoms with Crippen LogP contribution in [0, 0.1) is 0 Å². The van der Waals surface area contributed by atoms with E-state index < -0.39 is 0 Å².